The van der Waals surface area contributed by atoms with Crippen LogP contribution in [0, 0.1) is 0 Å². The summed E-state index contributed by atoms with van der Waals surface area (Å²) in [5.41, 5.74) is 2.71. The van der Waals surface area contributed by atoms with Crippen LogP contribution in [0.5, 0.6) is 0 Å². The lowest BCUT2D eigenvalue weighted by Crippen LogP contribution is -2.36. The van der Waals surface area contributed by atoms with E-state index in [0.29, 0.717) is 18.2 Å². The van der Waals surface area contributed by atoms with E-state index in [2.05, 4.69) is 10.2 Å². The Morgan fingerprint density at radius 3 is 2.71 bits per heavy atom. The van der Waals surface area contributed by atoms with Crippen molar-refractivity contribution in [1.82, 2.24) is 0 Å². The number of morpholine rings is 1. The number of para-hydroxylation sites is 2. The van der Waals surface area contributed by atoms with E-state index in [0.717, 1.165) is 30.0 Å². The summed E-state index contributed by atoms with van der Waals surface area (Å²) in [5, 5.41) is 3.60. The van der Waals surface area contributed by atoms with E-state index in [1.54, 1.807) is 12.1 Å². The molecule has 0 aliphatic carbocycles. The average molecular weight is 343 g/mol. The van der Waals surface area contributed by atoms with Crippen LogP contribution in [0.25, 0.3) is 6.08 Å². The Morgan fingerprint density at radius 2 is 1.92 bits per heavy atom. The van der Waals surface area contributed by atoms with E-state index in [4.69, 9.17) is 16.3 Å². The molecule has 1 aliphatic rings. The summed E-state index contributed by atoms with van der Waals surface area (Å²) < 4.78 is 5.39. The molecule has 0 bridgehead atoms. The first-order valence-electron chi connectivity index (χ1n) is 7.89. The Hall–Kier alpha value is -2.30. The largest absolute Gasteiger partial charge is 0.378 e. The van der Waals surface area contributed by atoms with Crippen molar-refractivity contribution >= 4 is 35.0 Å². The molecule has 1 amide bonds. The highest BCUT2D eigenvalue weighted by Gasteiger charge is 2.15. The highest BCUT2D eigenvalue weighted by Crippen LogP contribution is 2.26. The number of nitrogens with zero attached hydrogens (tertiary/aromatic N) is 1. The van der Waals surface area contributed by atoms with Gasteiger partial charge in [-0.15, -0.1) is 0 Å². The van der Waals surface area contributed by atoms with Crippen molar-refractivity contribution in [2.24, 2.45) is 0 Å². The fourth-order valence-electron chi connectivity index (χ4n) is 2.62. The van der Waals surface area contributed by atoms with Gasteiger partial charge in [-0.05, 0) is 35.9 Å². The van der Waals surface area contributed by atoms with Crippen LogP contribution < -0.4 is 10.2 Å². The third-order valence-electron chi connectivity index (χ3n) is 3.79. The number of anilines is 2. The Labute approximate surface area is 146 Å². The second-order valence-corrected chi connectivity index (χ2v) is 5.93. The number of carbonyl (C=O) groups excluding carboxylic acids is 1. The molecular formula is C19H19ClN2O2. The molecule has 0 unspecified atom stereocenters. The Morgan fingerprint density at radius 1 is 1.12 bits per heavy atom. The molecule has 1 N–H and O–H groups in total. The van der Waals surface area contributed by atoms with Gasteiger partial charge in [-0.3, -0.25) is 4.79 Å². The first-order valence-corrected chi connectivity index (χ1v) is 8.26. The van der Waals surface area contributed by atoms with Crippen LogP contribution in [0.2, 0.25) is 5.02 Å². The van der Waals surface area contributed by atoms with Crippen molar-refractivity contribution < 1.29 is 9.53 Å². The molecule has 0 radical (unpaired) electrons. The number of carbonyl (C=O) groups is 1. The minimum Gasteiger partial charge on any atom is -0.378 e. The van der Waals surface area contributed by atoms with Gasteiger partial charge in [0.15, 0.2) is 0 Å². The van der Waals surface area contributed by atoms with E-state index in [1.807, 2.05) is 42.5 Å². The van der Waals surface area contributed by atoms with Crippen LogP contribution in [0.1, 0.15) is 5.56 Å². The van der Waals surface area contributed by atoms with Crippen molar-refractivity contribution in [3.63, 3.8) is 0 Å². The van der Waals surface area contributed by atoms with Crippen LogP contribution in [0.15, 0.2) is 54.6 Å². The molecule has 5 heteroatoms. The van der Waals surface area contributed by atoms with E-state index >= 15 is 0 Å². The molecule has 0 aromatic heterocycles. The zero-order valence-electron chi connectivity index (χ0n) is 13.2. The van der Waals surface area contributed by atoms with Crippen molar-refractivity contribution in [1.29, 1.82) is 0 Å². The summed E-state index contributed by atoms with van der Waals surface area (Å²) in [5.74, 6) is -0.171. The molecule has 1 saturated heterocycles. The zero-order valence-corrected chi connectivity index (χ0v) is 14.0. The van der Waals surface area contributed by atoms with Gasteiger partial charge < -0.3 is 15.0 Å². The molecule has 4 nitrogen and oxygen atoms in total. The molecule has 1 heterocycles. The fraction of sp³-hybridized carbons (Fsp3) is 0.211. The monoisotopic (exact) mass is 342 g/mol. The molecule has 0 atom stereocenters. The molecule has 124 valence electrons. The zero-order chi connectivity index (χ0) is 16.8. The first kappa shape index (κ1) is 16.6. The normalized spacial score (nSPS) is 14.8. The topological polar surface area (TPSA) is 41.6 Å². The summed E-state index contributed by atoms with van der Waals surface area (Å²) in [6.45, 7) is 3.06. The number of nitrogens with one attached hydrogen (secondary N) is 1. The predicted molar refractivity (Wildman–Crippen MR) is 98.6 cm³/mol. The van der Waals surface area contributed by atoms with Gasteiger partial charge in [0.1, 0.15) is 0 Å². The maximum Gasteiger partial charge on any atom is 0.248 e. The van der Waals surface area contributed by atoms with Gasteiger partial charge in [0.05, 0.1) is 24.6 Å². The van der Waals surface area contributed by atoms with Gasteiger partial charge in [0.25, 0.3) is 0 Å². The molecule has 2 aromatic carbocycles. The summed E-state index contributed by atoms with van der Waals surface area (Å²) in [6, 6.07) is 15.2. The van der Waals surface area contributed by atoms with Gasteiger partial charge in [-0.1, -0.05) is 35.9 Å². The van der Waals surface area contributed by atoms with E-state index in [-0.39, 0.29) is 5.91 Å². The van der Waals surface area contributed by atoms with Crippen molar-refractivity contribution in [3.05, 3.63) is 65.2 Å². The van der Waals surface area contributed by atoms with E-state index < -0.39 is 0 Å². The summed E-state index contributed by atoms with van der Waals surface area (Å²) in [6.07, 6.45) is 3.26. The van der Waals surface area contributed by atoms with Crippen LogP contribution >= 0.6 is 11.6 Å². The standard InChI is InChI=1S/C19H19ClN2O2/c20-16-5-3-4-15(14-16)8-9-19(23)21-17-6-1-2-7-18(17)22-10-12-24-13-11-22/h1-9,14H,10-13H2,(H,21,23)/b9-8+. The van der Waals surface area contributed by atoms with Crippen LogP contribution in [0.4, 0.5) is 11.4 Å². The Balaban J connectivity index is 1.70. The van der Waals surface area contributed by atoms with Gasteiger partial charge in [-0.25, -0.2) is 0 Å². The van der Waals surface area contributed by atoms with Crippen LogP contribution in [0.3, 0.4) is 0 Å². The number of hydrogen-bond donors (Lipinski definition) is 1. The van der Waals surface area contributed by atoms with Gasteiger partial charge in [-0.2, -0.15) is 0 Å². The number of amides is 1. The molecule has 0 saturated carbocycles. The van der Waals surface area contributed by atoms with Crippen molar-refractivity contribution in [2.45, 2.75) is 0 Å². The quantitative estimate of drug-likeness (QED) is 0.859. The van der Waals surface area contributed by atoms with Crippen LogP contribution in [-0.4, -0.2) is 32.2 Å². The molecule has 1 fully saturated rings. The van der Waals surface area contributed by atoms with Crippen molar-refractivity contribution in [3.8, 4) is 0 Å². The molecular weight excluding hydrogens is 324 g/mol. The minimum atomic E-state index is -0.171. The Bertz CT molecular complexity index is 740. The second-order valence-electron chi connectivity index (χ2n) is 5.49. The second kappa shape index (κ2) is 7.99. The van der Waals surface area contributed by atoms with E-state index in [1.165, 1.54) is 6.08 Å². The summed E-state index contributed by atoms with van der Waals surface area (Å²) >= 11 is 5.95. The highest BCUT2D eigenvalue weighted by molar-refractivity contribution is 6.30. The van der Waals surface area contributed by atoms with Gasteiger partial charge in [0.2, 0.25) is 5.91 Å². The lowest BCUT2D eigenvalue weighted by molar-refractivity contribution is -0.111. The number of rotatable bonds is 4. The van der Waals surface area contributed by atoms with Gasteiger partial charge in [0, 0.05) is 24.2 Å². The first-order chi connectivity index (χ1) is 11.7. The average Bonchev–Trinajstić information content (AvgIpc) is 2.61. The SMILES string of the molecule is O=C(/C=C/c1cccc(Cl)c1)Nc1ccccc1N1CCOCC1. The molecule has 2 aromatic rings. The highest BCUT2D eigenvalue weighted by atomic mass is 35.5. The number of ether oxygens (including phenoxy) is 1. The molecule has 1 aliphatic heterocycles. The number of hydrogen-bond acceptors (Lipinski definition) is 3. The lowest BCUT2D eigenvalue weighted by atomic mass is 10.2. The number of benzene rings is 2. The minimum absolute atomic E-state index is 0.171. The molecule has 24 heavy (non-hydrogen) atoms. The fourth-order valence-corrected chi connectivity index (χ4v) is 2.81. The molecule has 0 spiro atoms. The van der Waals surface area contributed by atoms with Gasteiger partial charge >= 0.3 is 0 Å². The smallest absolute Gasteiger partial charge is 0.248 e. The lowest BCUT2D eigenvalue weighted by Gasteiger charge is -2.30. The summed E-state index contributed by atoms with van der Waals surface area (Å²) in [7, 11) is 0. The predicted octanol–water partition coefficient (Wildman–Crippen LogP) is 3.83. The third kappa shape index (κ3) is 4.37. The molecule has 3 rings (SSSR count). The maximum absolute atomic E-state index is 12.2. The number of halogens is 1. The maximum atomic E-state index is 12.2. The Kier molecular flexibility index (Phi) is 5.51. The van der Waals surface area contributed by atoms with Crippen molar-refractivity contribution in [2.75, 3.05) is 36.5 Å². The third-order valence-corrected chi connectivity index (χ3v) is 4.02. The summed E-state index contributed by atoms with van der Waals surface area (Å²) in [4.78, 5) is 14.5. The van der Waals surface area contributed by atoms with E-state index in [9.17, 15) is 4.79 Å². The van der Waals surface area contributed by atoms with Crippen LogP contribution in [-0.2, 0) is 9.53 Å².